The maximum Gasteiger partial charge on any atom is 0.335 e. The number of methoxy groups -OCH3 is 1. The Labute approximate surface area is 149 Å². The molecule has 1 heterocycles. The van der Waals surface area contributed by atoms with E-state index in [1.54, 1.807) is 13.2 Å². The fraction of sp³-hybridized carbons (Fsp3) is 0.143. The highest BCUT2D eigenvalue weighted by atomic mass is 16.5. The van der Waals surface area contributed by atoms with E-state index in [0.29, 0.717) is 35.1 Å². The van der Waals surface area contributed by atoms with Crippen LogP contribution < -0.4 is 10.2 Å². The summed E-state index contributed by atoms with van der Waals surface area (Å²) in [5, 5.41) is 9.44. The molecule has 1 aromatic heterocycles. The first kappa shape index (κ1) is 16.1. The highest BCUT2D eigenvalue weighted by Crippen LogP contribution is 2.34. The third-order valence-corrected chi connectivity index (χ3v) is 4.60. The zero-order valence-corrected chi connectivity index (χ0v) is 14.1. The number of ether oxygens (including phenoxy) is 1. The number of allylic oxidation sites excluding steroid dienone is 1. The SMILES string of the molecule is COc1cccc(C=C2CCc3c2oc2ccc(C(=O)O)cc2c3=O)c1. The van der Waals surface area contributed by atoms with Crippen LogP contribution in [0.1, 0.15) is 33.7 Å². The minimum absolute atomic E-state index is 0.0786. The van der Waals surface area contributed by atoms with Gasteiger partial charge in [-0.1, -0.05) is 12.1 Å². The lowest BCUT2D eigenvalue weighted by Crippen LogP contribution is -2.09. The third-order valence-electron chi connectivity index (χ3n) is 4.60. The van der Waals surface area contributed by atoms with Crippen LogP contribution in [0, 0.1) is 0 Å². The second-order valence-corrected chi connectivity index (χ2v) is 6.20. The lowest BCUT2D eigenvalue weighted by atomic mass is 10.1. The quantitative estimate of drug-likeness (QED) is 0.774. The second-order valence-electron chi connectivity index (χ2n) is 6.20. The number of carboxylic acids is 1. The number of rotatable bonds is 3. The lowest BCUT2D eigenvalue weighted by Gasteiger charge is -2.05. The summed E-state index contributed by atoms with van der Waals surface area (Å²) in [6.07, 6.45) is 3.28. The third kappa shape index (κ3) is 2.67. The van der Waals surface area contributed by atoms with E-state index in [2.05, 4.69) is 0 Å². The normalized spacial score (nSPS) is 14.6. The molecule has 0 fully saturated rings. The highest BCUT2D eigenvalue weighted by Gasteiger charge is 2.24. The van der Waals surface area contributed by atoms with E-state index in [1.165, 1.54) is 12.1 Å². The van der Waals surface area contributed by atoms with Gasteiger partial charge in [-0.25, -0.2) is 4.79 Å². The Bertz CT molecular complexity index is 1120. The molecule has 0 saturated carbocycles. The maximum absolute atomic E-state index is 12.8. The monoisotopic (exact) mass is 348 g/mol. The largest absolute Gasteiger partial charge is 0.497 e. The number of hydrogen-bond acceptors (Lipinski definition) is 4. The summed E-state index contributed by atoms with van der Waals surface area (Å²) < 4.78 is 11.2. The van der Waals surface area contributed by atoms with Gasteiger partial charge in [-0.3, -0.25) is 4.79 Å². The number of carboxylic acid groups (broad SMARTS) is 1. The number of aromatic carboxylic acids is 1. The van der Waals surface area contributed by atoms with Crippen LogP contribution in [0.15, 0.2) is 51.7 Å². The average molecular weight is 348 g/mol. The summed E-state index contributed by atoms with van der Waals surface area (Å²) >= 11 is 0. The van der Waals surface area contributed by atoms with Crippen molar-refractivity contribution in [2.45, 2.75) is 12.8 Å². The summed E-state index contributed by atoms with van der Waals surface area (Å²) in [4.78, 5) is 23.9. The topological polar surface area (TPSA) is 76.7 Å². The van der Waals surface area contributed by atoms with Gasteiger partial charge in [-0.2, -0.15) is 0 Å². The molecular weight excluding hydrogens is 332 g/mol. The fourth-order valence-electron chi connectivity index (χ4n) is 3.30. The summed E-state index contributed by atoms with van der Waals surface area (Å²) in [5.74, 6) is 0.289. The van der Waals surface area contributed by atoms with E-state index in [9.17, 15) is 9.59 Å². The molecule has 1 aliphatic rings. The van der Waals surface area contributed by atoms with Crippen molar-refractivity contribution in [2.75, 3.05) is 7.11 Å². The van der Waals surface area contributed by atoms with Crippen LogP contribution in [0.25, 0.3) is 22.6 Å². The number of fused-ring (bicyclic) bond motifs is 2. The summed E-state index contributed by atoms with van der Waals surface area (Å²) in [5.41, 5.74) is 2.85. The zero-order valence-electron chi connectivity index (χ0n) is 14.1. The second kappa shape index (κ2) is 6.19. The number of hydrogen-bond donors (Lipinski definition) is 1. The summed E-state index contributed by atoms with van der Waals surface area (Å²) in [6.45, 7) is 0. The molecule has 5 heteroatoms. The molecule has 3 aromatic rings. The molecule has 0 unspecified atom stereocenters. The van der Waals surface area contributed by atoms with Crippen LogP contribution in [-0.4, -0.2) is 18.2 Å². The van der Waals surface area contributed by atoms with Crippen molar-refractivity contribution in [3.63, 3.8) is 0 Å². The molecule has 1 aliphatic carbocycles. The van der Waals surface area contributed by atoms with Gasteiger partial charge in [0.15, 0.2) is 5.43 Å². The smallest absolute Gasteiger partial charge is 0.335 e. The maximum atomic E-state index is 12.8. The lowest BCUT2D eigenvalue weighted by molar-refractivity contribution is 0.0697. The van der Waals surface area contributed by atoms with Crippen molar-refractivity contribution in [3.05, 3.63) is 75.1 Å². The molecule has 2 aromatic carbocycles. The molecule has 0 aliphatic heterocycles. The highest BCUT2D eigenvalue weighted by molar-refractivity contribution is 5.94. The van der Waals surface area contributed by atoms with Crippen molar-refractivity contribution in [1.29, 1.82) is 0 Å². The molecular formula is C21H16O5. The van der Waals surface area contributed by atoms with Gasteiger partial charge in [-0.05, 0) is 60.4 Å². The van der Waals surface area contributed by atoms with Crippen molar-refractivity contribution in [2.24, 2.45) is 0 Å². The van der Waals surface area contributed by atoms with Gasteiger partial charge in [0.1, 0.15) is 17.1 Å². The van der Waals surface area contributed by atoms with Gasteiger partial charge in [-0.15, -0.1) is 0 Å². The molecule has 1 N–H and O–H groups in total. The Morgan fingerprint density at radius 3 is 2.81 bits per heavy atom. The predicted octanol–water partition coefficient (Wildman–Crippen LogP) is 3.99. The van der Waals surface area contributed by atoms with Crippen molar-refractivity contribution in [3.8, 4) is 5.75 Å². The van der Waals surface area contributed by atoms with E-state index in [-0.39, 0.29) is 11.0 Å². The molecule has 0 spiro atoms. The van der Waals surface area contributed by atoms with Crippen molar-refractivity contribution < 1.29 is 19.1 Å². The van der Waals surface area contributed by atoms with Crippen LogP contribution in [0.2, 0.25) is 0 Å². The number of benzene rings is 2. The van der Waals surface area contributed by atoms with E-state index in [0.717, 1.165) is 16.9 Å². The van der Waals surface area contributed by atoms with Gasteiger partial charge in [0.05, 0.1) is 18.1 Å². The zero-order chi connectivity index (χ0) is 18.3. The Kier molecular flexibility index (Phi) is 3.84. The first-order valence-corrected chi connectivity index (χ1v) is 8.25. The average Bonchev–Trinajstić information content (AvgIpc) is 3.04. The molecule has 4 rings (SSSR count). The van der Waals surface area contributed by atoms with E-state index >= 15 is 0 Å². The van der Waals surface area contributed by atoms with Crippen LogP contribution in [-0.2, 0) is 6.42 Å². The van der Waals surface area contributed by atoms with Crippen molar-refractivity contribution >= 4 is 28.6 Å². The fourth-order valence-corrected chi connectivity index (χ4v) is 3.30. The molecule has 5 nitrogen and oxygen atoms in total. The molecule has 26 heavy (non-hydrogen) atoms. The standard InChI is InChI=1S/C21H16O5/c1-25-15-4-2-3-12(10-15)9-13-5-7-16-19(22)17-11-14(21(23)24)6-8-18(17)26-20(13)16/h2-4,6,8-11H,5,7H2,1H3,(H,23,24). The van der Waals surface area contributed by atoms with Gasteiger partial charge in [0, 0.05) is 5.56 Å². The predicted molar refractivity (Wildman–Crippen MR) is 98.6 cm³/mol. The summed E-state index contributed by atoms with van der Waals surface area (Å²) in [7, 11) is 1.62. The molecule has 0 bridgehead atoms. The minimum Gasteiger partial charge on any atom is -0.497 e. The first-order chi connectivity index (χ1) is 12.6. The molecule has 0 radical (unpaired) electrons. The van der Waals surface area contributed by atoms with Gasteiger partial charge in [0.25, 0.3) is 0 Å². The Morgan fingerprint density at radius 1 is 1.19 bits per heavy atom. The van der Waals surface area contributed by atoms with Gasteiger partial charge in [0.2, 0.25) is 0 Å². The van der Waals surface area contributed by atoms with Crippen molar-refractivity contribution in [1.82, 2.24) is 0 Å². The van der Waals surface area contributed by atoms with Gasteiger partial charge >= 0.3 is 5.97 Å². The molecule has 0 atom stereocenters. The minimum atomic E-state index is -1.06. The summed E-state index contributed by atoms with van der Waals surface area (Å²) in [6, 6.07) is 12.0. The first-order valence-electron chi connectivity index (χ1n) is 8.25. The van der Waals surface area contributed by atoms with Crippen LogP contribution in [0.5, 0.6) is 5.75 Å². The molecule has 0 amide bonds. The van der Waals surface area contributed by atoms with E-state index in [1.807, 2.05) is 30.3 Å². The van der Waals surface area contributed by atoms with Crippen LogP contribution in [0.3, 0.4) is 0 Å². The Balaban J connectivity index is 1.85. The Morgan fingerprint density at radius 2 is 2.04 bits per heavy atom. The Hall–Kier alpha value is -3.34. The van der Waals surface area contributed by atoms with Crippen LogP contribution in [0.4, 0.5) is 0 Å². The molecule has 130 valence electrons. The number of carbonyl (C=O) groups is 1. The van der Waals surface area contributed by atoms with E-state index in [4.69, 9.17) is 14.3 Å². The molecule has 0 saturated heterocycles. The van der Waals surface area contributed by atoms with Gasteiger partial charge < -0.3 is 14.3 Å². The van der Waals surface area contributed by atoms with E-state index < -0.39 is 5.97 Å². The van der Waals surface area contributed by atoms with Crippen LogP contribution >= 0.6 is 0 Å².